The fourth-order valence-electron chi connectivity index (χ4n) is 2.59. The Labute approximate surface area is 111 Å². The van der Waals surface area contributed by atoms with E-state index in [0.29, 0.717) is 6.04 Å². The fourth-order valence-corrected chi connectivity index (χ4v) is 2.59. The van der Waals surface area contributed by atoms with Crippen molar-refractivity contribution in [3.8, 4) is 0 Å². The topological polar surface area (TPSA) is 33.7 Å². The molecule has 0 saturated carbocycles. The molecule has 2 heterocycles. The molecule has 1 atom stereocenters. The maximum Gasteiger partial charge on any atom is 0.115 e. The second kappa shape index (κ2) is 6.82. The molecule has 1 N–H and O–H groups in total. The Hall–Kier alpha value is -0.200. The average molecular weight is 258 g/mol. The van der Waals surface area contributed by atoms with Gasteiger partial charge in [-0.15, -0.1) is 0 Å². The molecule has 5 nitrogen and oxygen atoms in total. The van der Waals surface area contributed by atoms with Crippen LogP contribution in [-0.4, -0.2) is 88.8 Å². The zero-order chi connectivity index (χ0) is 12.8. The van der Waals surface area contributed by atoms with Crippen LogP contribution in [0.25, 0.3) is 0 Å². The maximum absolute atomic E-state index is 5.80. The van der Waals surface area contributed by atoms with Crippen molar-refractivity contribution >= 4 is 0 Å². The summed E-state index contributed by atoms with van der Waals surface area (Å²) >= 11 is 0. The molecule has 2 rings (SSSR count). The average Bonchev–Trinajstić information content (AvgIpc) is 2.37. The highest BCUT2D eigenvalue weighted by Gasteiger charge is 2.31. The van der Waals surface area contributed by atoms with Crippen LogP contribution >= 0.6 is 0 Å². The predicted molar refractivity (Wildman–Crippen MR) is 71.5 cm³/mol. The summed E-state index contributed by atoms with van der Waals surface area (Å²) in [5.41, 5.74) is 0. The molecule has 0 radical (unpaired) electrons. The van der Waals surface area contributed by atoms with E-state index in [2.05, 4.69) is 24.3 Å². The van der Waals surface area contributed by atoms with Crippen LogP contribution in [0, 0.1) is 0 Å². The Morgan fingerprint density at radius 2 is 2.11 bits per heavy atom. The fraction of sp³-hybridized carbons (Fsp3) is 1.00. The zero-order valence-electron chi connectivity index (χ0n) is 11.9. The first-order chi connectivity index (χ1) is 8.68. The van der Waals surface area contributed by atoms with Gasteiger partial charge in [-0.25, -0.2) is 0 Å². The minimum atomic E-state index is 0.585. The minimum Gasteiger partial charge on any atom is -0.369 e. The molecule has 2 saturated heterocycles. The molecular formula is C13H28N3O2+. The van der Waals surface area contributed by atoms with E-state index in [0.717, 1.165) is 70.2 Å². The van der Waals surface area contributed by atoms with Gasteiger partial charge in [0.1, 0.15) is 12.6 Å². The highest BCUT2D eigenvalue weighted by atomic mass is 16.5. The lowest BCUT2D eigenvalue weighted by Crippen LogP contribution is -2.56. The van der Waals surface area contributed by atoms with Crippen LogP contribution < -0.4 is 5.32 Å². The van der Waals surface area contributed by atoms with Crippen molar-refractivity contribution in [2.24, 2.45) is 0 Å². The SMILES string of the molecule is C[N+]1(C)CCOCC1CCOCN1CCNCC1. The third-order valence-electron chi connectivity index (χ3n) is 4.19. The van der Waals surface area contributed by atoms with Gasteiger partial charge >= 0.3 is 0 Å². The Balaban J connectivity index is 1.59. The maximum atomic E-state index is 5.80. The van der Waals surface area contributed by atoms with Crippen LogP contribution in [0.1, 0.15) is 6.42 Å². The number of nitrogens with zero attached hydrogens (tertiary/aromatic N) is 2. The highest BCUT2D eigenvalue weighted by molar-refractivity contribution is 4.65. The Morgan fingerprint density at radius 3 is 2.83 bits per heavy atom. The Kier molecular flexibility index (Phi) is 5.38. The largest absolute Gasteiger partial charge is 0.369 e. The lowest BCUT2D eigenvalue weighted by atomic mass is 10.1. The minimum absolute atomic E-state index is 0.585. The molecule has 18 heavy (non-hydrogen) atoms. The number of ether oxygens (including phenoxy) is 2. The van der Waals surface area contributed by atoms with Crippen molar-refractivity contribution in [3.05, 3.63) is 0 Å². The molecule has 0 aromatic rings. The second-order valence-corrected chi connectivity index (χ2v) is 5.93. The van der Waals surface area contributed by atoms with Gasteiger partial charge in [-0.1, -0.05) is 0 Å². The Morgan fingerprint density at radius 1 is 1.33 bits per heavy atom. The summed E-state index contributed by atoms with van der Waals surface area (Å²) in [6, 6.07) is 0.585. The molecule has 106 valence electrons. The number of likely N-dealkylation sites (N-methyl/N-ethyl adjacent to an activating group) is 1. The highest BCUT2D eigenvalue weighted by Crippen LogP contribution is 2.15. The van der Waals surface area contributed by atoms with Gasteiger partial charge in [0.15, 0.2) is 0 Å². The van der Waals surface area contributed by atoms with E-state index < -0.39 is 0 Å². The summed E-state index contributed by atoms with van der Waals surface area (Å²) in [7, 11) is 4.59. The zero-order valence-corrected chi connectivity index (χ0v) is 11.9. The molecule has 2 aliphatic rings. The van der Waals surface area contributed by atoms with E-state index in [1.54, 1.807) is 0 Å². The van der Waals surface area contributed by atoms with E-state index in [4.69, 9.17) is 9.47 Å². The van der Waals surface area contributed by atoms with Gasteiger partial charge in [-0.05, 0) is 0 Å². The van der Waals surface area contributed by atoms with Crippen LogP contribution in [-0.2, 0) is 9.47 Å². The van der Waals surface area contributed by atoms with Crippen molar-refractivity contribution < 1.29 is 14.0 Å². The number of hydrogen-bond donors (Lipinski definition) is 1. The van der Waals surface area contributed by atoms with Crippen molar-refractivity contribution in [2.45, 2.75) is 12.5 Å². The molecule has 2 fully saturated rings. The van der Waals surface area contributed by atoms with E-state index in [9.17, 15) is 0 Å². The van der Waals surface area contributed by atoms with Gasteiger partial charge in [0.25, 0.3) is 0 Å². The summed E-state index contributed by atoms with van der Waals surface area (Å²) in [6.45, 7) is 8.90. The number of nitrogens with one attached hydrogen (secondary N) is 1. The number of quaternary nitrogens is 1. The number of rotatable bonds is 5. The summed E-state index contributed by atoms with van der Waals surface area (Å²) in [4.78, 5) is 2.37. The molecular weight excluding hydrogens is 230 g/mol. The number of morpholine rings is 1. The normalized spacial score (nSPS) is 29.3. The molecule has 2 aliphatic heterocycles. The van der Waals surface area contributed by atoms with E-state index in [-0.39, 0.29) is 0 Å². The monoisotopic (exact) mass is 258 g/mol. The quantitative estimate of drug-likeness (QED) is 0.544. The predicted octanol–water partition coefficient (Wildman–Crippen LogP) is -0.269. The van der Waals surface area contributed by atoms with Gasteiger partial charge in [0, 0.05) is 32.6 Å². The van der Waals surface area contributed by atoms with Gasteiger partial charge in [-0.2, -0.15) is 0 Å². The number of piperazine rings is 1. The lowest BCUT2D eigenvalue weighted by molar-refractivity contribution is -0.923. The second-order valence-electron chi connectivity index (χ2n) is 5.93. The Bertz CT molecular complexity index is 242. The van der Waals surface area contributed by atoms with E-state index in [1.807, 2.05) is 0 Å². The van der Waals surface area contributed by atoms with Gasteiger partial charge in [-0.3, -0.25) is 4.90 Å². The van der Waals surface area contributed by atoms with Crippen LogP contribution in [0.3, 0.4) is 0 Å². The van der Waals surface area contributed by atoms with Gasteiger partial charge in [0.05, 0.1) is 40.6 Å². The molecule has 0 amide bonds. The molecule has 0 bridgehead atoms. The molecule has 1 unspecified atom stereocenters. The summed E-state index contributed by atoms with van der Waals surface area (Å²) < 4.78 is 12.4. The van der Waals surface area contributed by atoms with Crippen LogP contribution in [0.5, 0.6) is 0 Å². The first-order valence-corrected chi connectivity index (χ1v) is 7.10. The van der Waals surface area contributed by atoms with Crippen LogP contribution in [0.2, 0.25) is 0 Å². The molecule has 0 aromatic carbocycles. The van der Waals surface area contributed by atoms with E-state index >= 15 is 0 Å². The first kappa shape index (κ1) is 14.2. The number of hydrogen-bond acceptors (Lipinski definition) is 4. The molecule has 0 aromatic heterocycles. The third-order valence-corrected chi connectivity index (χ3v) is 4.19. The van der Waals surface area contributed by atoms with Crippen LogP contribution in [0.4, 0.5) is 0 Å². The summed E-state index contributed by atoms with van der Waals surface area (Å²) in [6.07, 6.45) is 1.10. The standard InChI is InChI=1S/C13H28N3O2/c1-16(2)8-10-17-11-13(16)3-9-18-12-15-6-4-14-5-7-15/h13-14H,3-12H2,1-2H3/q+1. The lowest BCUT2D eigenvalue weighted by Gasteiger charge is -2.41. The van der Waals surface area contributed by atoms with Crippen molar-refractivity contribution in [2.75, 3.05) is 73.4 Å². The van der Waals surface area contributed by atoms with Gasteiger partial charge in [0.2, 0.25) is 0 Å². The van der Waals surface area contributed by atoms with Crippen LogP contribution in [0.15, 0.2) is 0 Å². The van der Waals surface area contributed by atoms with E-state index in [1.165, 1.54) is 0 Å². The smallest absolute Gasteiger partial charge is 0.115 e. The third kappa shape index (κ3) is 4.17. The molecule has 5 heteroatoms. The van der Waals surface area contributed by atoms with Crippen molar-refractivity contribution in [1.29, 1.82) is 0 Å². The molecule has 0 aliphatic carbocycles. The summed E-state index contributed by atoms with van der Waals surface area (Å²) in [5, 5.41) is 3.35. The van der Waals surface area contributed by atoms with Crippen molar-refractivity contribution in [1.82, 2.24) is 10.2 Å². The van der Waals surface area contributed by atoms with Crippen molar-refractivity contribution in [3.63, 3.8) is 0 Å². The van der Waals surface area contributed by atoms with Gasteiger partial charge < -0.3 is 19.3 Å². The molecule has 0 spiro atoms. The first-order valence-electron chi connectivity index (χ1n) is 7.10. The summed E-state index contributed by atoms with van der Waals surface area (Å²) in [5.74, 6) is 0.